The summed E-state index contributed by atoms with van der Waals surface area (Å²) < 4.78 is 4.92. The Bertz CT molecular complexity index is 653. The van der Waals surface area contributed by atoms with Gasteiger partial charge in [-0.25, -0.2) is 9.59 Å². The molecule has 9 heteroatoms. The molecule has 0 spiro atoms. The maximum absolute atomic E-state index is 11.9. The second kappa shape index (κ2) is 9.12. The van der Waals surface area contributed by atoms with E-state index in [-0.39, 0.29) is 24.1 Å². The Labute approximate surface area is 150 Å². The van der Waals surface area contributed by atoms with Crippen LogP contribution in [0.25, 0.3) is 0 Å². The van der Waals surface area contributed by atoms with E-state index in [1.165, 1.54) is 6.07 Å². The van der Waals surface area contributed by atoms with E-state index in [1.54, 1.807) is 24.0 Å². The highest BCUT2D eigenvalue weighted by Crippen LogP contribution is 2.20. The molecular formula is C16H21ClN4O4. The van der Waals surface area contributed by atoms with Crippen LogP contribution in [0.2, 0.25) is 5.02 Å². The number of anilines is 1. The van der Waals surface area contributed by atoms with Crippen LogP contribution in [-0.4, -0.2) is 55.7 Å². The second-order valence-electron chi connectivity index (χ2n) is 5.39. The third kappa shape index (κ3) is 5.53. The monoisotopic (exact) mass is 368 g/mol. The van der Waals surface area contributed by atoms with Crippen LogP contribution in [-0.2, 0) is 4.74 Å². The van der Waals surface area contributed by atoms with E-state index in [0.29, 0.717) is 37.0 Å². The topological polar surface area (TPSA) is 99.8 Å². The van der Waals surface area contributed by atoms with Crippen LogP contribution >= 0.6 is 11.6 Å². The van der Waals surface area contributed by atoms with E-state index in [9.17, 15) is 14.4 Å². The lowest BCUT2D eigenvalue weighted by atomic mass is 10.2. The number of urea groups is 1. The fraction of sp³-hybridized carbons (Fsp3) is 0.438. The minimum Gasteiger partial charge on any atom is -0.449 e. The van der Waals surface area contributed by atoms with Gasteiger partial charge in [0.25, 0.3) is 5.91 Å². The average molecular weight is 369 g/mol. The summed E-state index contributed by atoms with van der Waals surface area (Å²) in [4.78, 5) is 36.9. The van der Waals surface area contributed by atoms with Crippen LogP contribution in [0.4, 0.5) is 15.3 Å². The van der Waals surface area contributed by atoms with Crippen LogP contribution in [0, 0.1) is 0 Å². The molecule has 136 valence electrons. The van der Waals surface area contributed by atoms with Crippen molar-refractivity contribution >= 4 is 35.3 Å². The number of carbonyl (C=O) groups is 3. The standard InChI is InChI=1S/C16H21ClN4O4/c1-2-18-14(22)12-10-11(4-5-13(12)17)20-15(23)19-6-8-21-7-3-9-25-16(21)24/h4-5,10H,2-3,6-9H2,1H3,(H,18,22)(H2,19,20,23). The van der Waals surface area contributed by atoms with Gasteiger partial charge in [-0.2, -0.15) is 0 Å². The number of hydrogen-bond donors (Lipinski definition) is 3. The highest BCUT2D eigenvalue weighted by atomic mass is 35.5. The number of carbonyl (C=O) groups excluding carboxylic acids is 3. The summed E-state index contributed by atoms with van der Waals surface area (Å²) in [5.74, 6) is -0.305. The minimum atomic E-state index is -0.436. The molecule has 2 rings (SSSR count). The molecular weight excluding hydrogens is 348 g/mol. The number of rotatable bonds is 6. The lowest BCUT2D eigenvalue weighted by molar-refractivity contribution is 0.0735. The van der Waals surface area contributed by atoms with Crippen LogP contribution < -0.4 is 16.0 Å². The minimum absolute atomic E-state index is 0.289. The number of halogens is 1. The molecule has 0 radical (unpaired) electrons. The first-order chi connectivity index (χ1) is 12.0. The largest absolute Gasteiger partial charge is 0.449 e. The predicted molar refractivity (Wildman–Crippen MR) is 94.0 cm³/mol. The van der Waals surface area contributed by atoms with Crippen molar-refractivity contribution < 1.29 is 19.1 Å². The number of ether oxygens (including phenoxy) is 1. The summed E-state index contributed by atoms with van der Waals surface area (Å²) in [5, 5.41) is 8.25. The van der Waals surface area contributed by atoms with Gasteiger partial charge in [-0.05, 0) is 31.5 Å². The SMILES string of the molecule is CCNC(=O)c1cc(NC(=O)NCCN2CCCOC2=O)ccc1Cl. The van der Waals surface area contributed by atoms with Gasteiger partial charge in [0.05, 0.1) is 17.2 Å². The molecule has 3 N–H and O–H groups in total. The normalized spacial score (nSPS) is 13.8. The smallest absolute Gasteiger partial charge is 0.409 e. The van der Waals surface area contributed by atoms with Crippen molar-refractivity contribution in [3.05, 3.63) is 28.8 Å². The van der Waals surface area contributed by atoms with Gasteiger partial charge >= 0.3 is 12.1 Å². The maximum atomic E-state index is 11.9. The lowest BCUT2D eigenvalue weighted by Gasteiger charge is -2.26. The lowest BCUT2D eigenvalue weighted by Crippen LogP contribution is -2.43. The van der Waals surface area contributed by atoms with Crippen LogP contribution in [0.3, 0.4) is 0 Å². The Kier molecular flexibility index (Phi) is 6.88. The van der Waals surface area contributed by atoms with Crippen molar-refractivity contribution in [1.82, 2.24) is 15.5 Å². The summed E-state index contributed by atoms with van der Waals surface area (Å²) >= 11 is 6.01. The van der Waals surface area contributed by atoms with Crippen molar-refractivity contribution in [3.63, 3.8) is 0 Å². The van der Waals surface area contributed by atoms with Crippen LogP contribution in [0.5, 0.6) is 0 Å². The average Bonchev–Trinajstić information content (AvgIpc) is 2.58. The van der Waals surface area contributed by atoms with E-state index in [4.69, 9.17) is 16.3 Å². The third-order valence-electron chi connectivity index (χ3n) is 3.53. The molecule has 0 aromatic heterocycles. The molecule has 1 aromatic carbocycles. The van der Waals surface area contributed by atoms with Gasteiger partial charge in [-0.15, -0.1) is 0 Å². The van der Waals surface area contributed by atoms with E-state index in [1.807, 2.05) is 0 Å². The molecule has 25 heavy (non-hydrogen) atoms. The van der Waals surface area contributed by atoms with E-state index in [0.717, 1.165) is 6.42 Å². The van der Waals surface area contributed by atoms with Crippen molar-refractivity contribution in [3.8, 4) is 0 Å². The van der Waals surface area contributed by atoms with Gasteiger partial charge < -0.3 is 25.6 Å². The Balaban J connectivity index is 1.84. The zero-order chi connectivity index (χ0) is 18.2. The molecule has 0 unspecified atom stereocenters. The van der Waals surface area contributed by atoms with Gasteiger partial charge in [0.2, 0.25) is 0 Å². The molecule has 1 heterocycles. The molecule has 1 saturated heterocycles. The van der Waals surface area contributed by atoms with Gasteiger partial charge in [-0.3, -0.25) is 4.79 Å². The fourth-order valence-electron chi connectivity index (χ4n) is 2.31. The fourth-order valence-corrected chi connectivity index (χ4v) is 2.52. The third-order valence-corrected chi connectivity index (χ3v) is 3.86. The van der Waals surface area contributed by atoms with Crippen molar-refractivity contribution in [1.29, 1.82) is 0 Å². The molecule has 0 atom stereocenters. The molecule has 1 fully saturated rings. The van der Waals surface area contributed by atoms with Gasteiger partial charge in [0, 0.05) is 31.9 Å². The molecule has 0 bridgehead atoms. The first-order valence-corrected chi connectivity index (χ1v) is 8.43. The summed E-state index contributed by atoms with van der Waals surface area (Å²) in [6.07, 6.45) is 0.420. The summed E-state index contributed by atoms with van der Waals surface area (Å²) in [6.45, 7) is 4.00. The Morgan fingerprint density at radius 2 is 2.12 bits per heavy atom. The molecule has 0 aliphatic carbocycles. The molecule has 4 amide bonds. The summed E-state index contributed by atoms with van der Waals surface area (Å²) in [5.41, 5.74) is 0.734. The van der Waals surface area contributed by atoms with Crippen molar-refractivity contribution in [2.45, 2.75) is 13.3 Å². The predicted octanol–water partition coefficient (Wildman–Crippen LogP) is 2.05. The number of hydrogen-bond acceptors (Lipinski definition) is 4. The molecule has 1 aliphatic heterocycles. The Morgan fingerprint density at radius 3 is 2.84 bits per heavy atom. The summed E-state index contributed by atoms with van der Waals surface area (Å²) in [7, 11) is 0. The number of nitrogens with one attached hydrogen (secondary N) is 3. The summed E-state index contributed by atoms with van der Waals surface area (Å²) in [6, 6.07) is 4.22. The van der Waals surface area contributed by atoms with Crippen LogP contribution in [0.15, 0.2) is 18.2 Å². The molecule has 1 aromatic rings. The van der Waals surface area contributed by atoms with Crippen molar-refractivity contribution in [2.75, 3.05) is 38.1 Å². The van der Waals surface area contributed by atoms with Gasteiger partial charge in [0.15, 0.2) is 0 Å². The number of nitrogens with zero attached hydrogens (tertiary/aromatic N) is 1. The first kappa shape index (κ1) is 18.9. The Hall–Kier alpha value is -2.48. The number of benzene rings is 1. The van der Waals surface area contributed by atoms with Gasteiger partial charge in [-0.1, -0.05) is 11.6 Å². The number of amides is 4. The van der Waals surface area contributed by atoms with E-state index >= 15 is 0 Å². The molecule has 0 saturated carbocycles. The van der Waals surface area contributed by atoms with Gasteiger partial charge in [0.1, 0.15) is 0 Å². The van der Waals surface area contributed by atoms with E-state index in [2.05, 4.69) is 16.0 Å². The van der Waals surface area contributed by atoms with Crippen molar-refractivity contribution in [2.24, 2.45) is 0 Å². The quantitative estimate of drug-likeness (QED) is 0.715. The van der Waals surface area contributed by atoms with E-state index < -0.39 is 6.03 Å². The zero-order valence-corrected chi connectivity index (χ0v) is 14.7. The second-order valence-corrected chi connectivity index (χ2v) is 5.80. The first-order valence-electron chi connectivity index (χ1n) is 8.05. The van der Waals surface area contributed by atoms with Crippen LogP contribution in [0.1, 0.15) is 23.7 Å². The zero-order valence-electron chi connectivity index (χ0n) is 13.9. The maximum Gasteiger partial charge on any atom is 0.409 e. The highest BCUT2D eigenvalue weighted by Gasteiger charge is 2.19. The molecule has 8 nitrogen and oxygen atoms in total. The molecule has 1 aliphatic rings. The Morgan fingerprint density at radius 1 is 1.32 bits per heavy atom. The highest BCUT2D eigenvalue weighted by molar-refractivity contribution is 6.34. The number of cyclic esters (lactones) is 1.